The summed E-state index contributed by atoms with van der Waals surface area (Å²) in [7, 11) is 0. The highest BCUT2D eigenvalue weighted by molar-refractivity contribution is 14.1. The van der Waals surface area contributed by atoms with Crippen molar-refractivity contribution in [1.82, 2.24) is 0 Å². The van der Waals surface area contributed by atoms with E-state index in [9.17, 15) is 14.7 Å². The molecule has 0 bridgehead atoms. The van der Waals surface area contributed by atoms with Crippen molar-refractivity contribution in [2.75, 3.05) is 23.4 Å². The van der Waals surface area contributed by atoms with E-state index in [0.717, 1.165) is 0 Å². The van der Waals surface area contributed by atoms with Crippen LogP contribution < -0.4 is 20.7 Å². The van der Waals surface area contributed by atoms with Gasteiger partial charge in [0.05, 0.1) is 12.3 Å². The number of rotatable bonds is 7. The van der Waals surface area contributed by atoms with Crippen LogP contribution in [0, 0.1) is 5.41 Å². The number of anilines is 2. The Kier molecular flexibility index (Phi) is 7.46. The maximum absolute atomic E-state index is 13.0. The molecule has 1 aliphatic rings. The summed E-state index contributed by atoms with van der Waals surface area (Å²) in [5.74, 6) is -0.873. The largest absolute Gasteiger partial charge is 0.478 e. The van der Waals surface area contributed by atoms with Gasteiger partial charge in [0.15, 0.2) is 12.2 Å². The quantitative estimate of drug-likeness (QED) is 0.184. The molecule has 5 N–H and O–H groups in total. The number of morpholine rings is 1. The van der Waals surface area contributed by atoms with E-state index in [1.54, 1.807) is 48.5 Å². The second kappa shape index (κ2) is 10.1. The number of halogens is 1. The highest BCUT2D eigenvalue weighted by atomic mass is 127. The number of amides is 2. The average Bonchev–Trinajstić information content (AvgIpc) is 2.74. The number of nitrogens with two attached hydrogens (primary N) is 1. The first-order valence-corrected chi connectivity index (χ1v) is 10.8. The highest BCUT2D eigenvalue weighted by Crippen LogP contribution is 2.32. The Balaban J connectivity index is 1.73. The normalized spacial score (nSPS) is 18.2. The molecule has 164 valence electrons. The number of aliphatic hydroxyl groups excluding tert-OH is 1. The summed E-state index contributed by atoms with van der Waals surface area (Å²) < 4.78 is 11.1. The number of benzene rings is 2. The number of nitrogens with zero attached hydrogens (tertiary/aromatic N) is 1. The summed E-state index contributed by atoms with van der Waals surface area (Å²) in [6.45, 7) is 2.30. The number of para-hydroxylation sites is 2. The van der Waals surface area contributed by atoms with Gasteiger partial charge in [0, 0.05) is 17.8 Å². The average molecular weight is 538 g/mol. The number of carbonyl (C=O) groups excluding carboxylic acids is 2. The summed E-state index contributed by atoms with van der Waals surface area (Å²) in [5.41, 5.74) is 6.86. The summed E-state index contributed by atoms with van der Waals surface area (Å²) >= 11 is 2.12. The number of aliphatic hydroxyl groups is 1. The third-order valence-corrected chi connectivity index (χ3v) is 4.84. The summed E-state index contributed by atoms with van der Waals surface area (Å²) in [6, 6.07) is 13.3. The lowest BCUT2D eigenvalue weighted by Gasteiger charge is -2.34. The minimum atomic E-state index is -1.71. The molecular weight excluding hydrogens is 515 g/mol. The molecule has 3 atom stereocenters. The second-order valence-corrected chi connectivity index (χ2v) is 8.59. The summed E-state index contributed by atoms with van der Waals surface area (Å²) in [6.07, 6.45) is -3.06. The Labute approximate surface area is 193 Å². The van der Waals surface area contributed by atoms with Crippen molar-refractivity contribution in [3.8, 4) is 5.75 Å². The van der Waals surface area contributed by atoms with Crippen LogP contribution in [0.1, 0.15) is 12.5 Å². The van der Waals surface area contributed by atoms with Crippen molar-refractivity contribution in [2.45, 2.75) is 23.2 Å². The van der Waals surface area contributed by atoms with Crippen molar-refractivity contribution >= 4 is 51.6 Å². The Morgan fingerprint density at radius 3 is 2.65 bits per heavy atom. The zero-order chi connectivity index (χ0) is 22.5. The number of amidine groups is 1. The van der Waals surface area contributed by atoms with Gasteiger partial charge in [-0.2, -0.15) is 0 Å². The lowest BCUT2D eigenvalue weighted by molar-refractivity contribution is -0.150. The molecule has 1 fully saturated rings. The van der Waals surface area contributed by atoms with Crippen LogP contribution >= 0.6 is 22.6 Å². The first kappa shape index (κ1) is 23.0. The van der Waals surface area contributed by atoms with Gasteiger partial charge in [-0.25, -0.2) is 0 Å². The fourth-order valence-corrected chi connectivity index (χ4v) is 3.39. The number of hydrogen-bond donors (Lipinski definition) is 4. The molecule has 31 heavy (non-hydrogen) atoms. The van der Waals surface area contributed by atoms with Gasteiger partial charge in [-0.05, 0) is 65.9 Å². The van der Waals surface area contributed by atoms with E-state index in [1.165, 1.54) is 4.90 Å². The number of alkyl halides is 1. The van der Waals surface area contributed by atoms with E-state index in [1.807, 2.05) is 6.92 Å². The Morgan fingerprint density at radius 1 is 1.32 bits per heavy atom. The lowest BCUT2D eigenvalue weighted by Crippen LogP contribution is -2.55. The van der Waals surface area contributed by atoms with Crippen LogP contribution in [0.5, 0.6) is 5.75 Å². The van der Waals surface area contributed by atoms with E-state index in [2.05, 4.69) is 27.9 Å². The number of ether oxygens (including phenoxy) is 2. The molecule has 2 aromatic carbocycles. The molecule has 1 aliphatic heterocycles. The lowest BCUT2D eigenvalue weighted by atomic mass is 10.1. The van der Waals surface area contributed by atoms with Gasteiger partial charge in [0.2, 0.25) is 0 Å². The molecule has 10 heteroatoms. The smallest absolute Gasteiger partial charge is 0.259 e. The Hall–Kier alpha value is -2.70. The number of hydrogen-bond acceptors (Lipinski definition) is 6. The van der Waals surface area contributed by atoms with Crippen LogP contribution in [0.2, 0.25) is 0 Å². The van der Waals surface area contributed by atoms with E-state index >= 15 is 0 Å². The van der Waals surface area contributed by atoms with Gasteiger partial charge in [0.25, 0.3) is 11.8 Å². The van der Waals surface area contributed by atoms with Crippen molar-refractivity contribution in [1.29, 1.82) is 5.41 Å². The second-order valence-electron chi connectivity index (χ2n) is 6.83. The molecule has 1 heterocycles. The molecule has 0 spiro atoms. The molecule has 0 saturated carbocycles. The molecule has 0 aromatic heterocycles. The standard InChI is InChI=1S/C21H23IN4O5/c1-12(22)31-16-5-3-2-4-15(16)26-10-11-30-18(21(26)29)17(27)20(28)25-14-8-6-13(7-9-14)19(23)24/h2-9,12,17-18,27H,10-11H2,1H3,(H3,23,24)(H,25,28)/t12?,17-,18-/m1/s1. The van der Waals surface area contributed by atoms with Crippen molar-refractivity contribution in [3.63, 3.8) is 0 Å². The van der Waals surface area contributed by atoms with E-state index in [0.29, 0.717) is 22.7 Å². The first-order chi connectivity index (χ1) is 14.8. The minimum Gasteiger partial charge on any atom is -0.478 e. The predicted octanol–water partition coefficient (Wildman–Crippen LogP) is 1.86. The van der Waals surface area contributed by atoms with Gasteiger partial charge in [0.1, 0.15) is 15.7 Å². The van der Waals surface area contributed by atoms with Gasteiger partial charge >= 0.3 is 0 Å². The third-order valence-electron chi connectivity index (χ3n) is 4.59. The van der Waals surface area contributed by atoms with Crippen molar-refractivity contribution < 1.29 is 24.2 Å². The molecule has 1 saturated heterocycles. The van der Waals surface area contributed by atoms with Gasteiger partial charge in [-0.15, -0.1) is 0 Å². The van der Waals surface area contributed by atoms with Crippen LogP contribution in [-0.2, 0) is 14.3 Å². The monoisotopic (exact) mass is 538 g/mol. The van der Waals surface area contributed by atoms with Crippen LogP contribution in [0.3, 0.4) is 0 Å². The Bertz CT molecular complexity index is 966. The maximum Gasteiger partial charge on any atom is 0.259 e. The van der Waals surface area contributed by atoms with Gasteiger partial charge in [-0.1, -0.05) is 12.1 Å². The molecule has 2 aromatic rings. The number of carbonyl (C=O) groups is 2. The molecule has 0 radical (unpaired) electrons. The predicted molar refractivity (Wildman–Crippen MR) is 125 cm³/mol. The van der Waals surface area contributed by atoms with Crippen LogP contribution in [0.15, 0.2) is 48.5 Å². The molecule has 9 nitrogen and oxygen atoms in total. The first-order valence-electron chi connectivity index (χ1n) is 9.54. The number of nitrogens with one attached hydrogen (secondary N) is 2. The maximum atomic E-state index is 13.0. The van der Waals surface area contributed by atoms with Gasteiger partial charge < -0.3 is 30.5 Å². The number of nitrogen functional groups attached to an aromatic ring is 1. The van der Waals surface area contributed by atoms with Crippen LogP contribution in [0.4, 0.5) is 11.4 Å². The highest BCUT2D eigenvalue weighted by Gasteiger charge is 2.40. The fourth-order valence-electron chi connectivity index (χ4n) is 3.11. The Morgan fingerprint density at radius 2 is 2.00 bits per heavy atom. The summed E-state index contributed by atoms with van der Waals surface area (Å²) in [5, 5.41) is 20.5. The van der Waals surface area contributed by atoms with Crippen molar-refractivity contribution in [2.24, 2.45) is 5.73 Å². The molecule has 2 amide bonds. The molecular formula is C21H23IN4O5. The van der Waals surface area contributed by atoms with Crippen molar-refractivity contribution in [3.05, 3.63) is 54.1 Å². The van der Waals surface area contributed by atoms with Crippen LogP contribution in [0.25, 0.3) is 0 Å². The van der Waals surface area contributed by atoms with Crippen LogP contribution in [-0.4, -0.2) is 52.2 Å². The van der Waals surface area contributed by atoms with Gasteiger partial charge in [-0.3, -0.25) is 15.0 Å². The zero-order valence-electron chi connectivity index (χ0n) is 16.7. The summed E-state index contributed by atoms with van der Waals surface area (Å²) in [4.78, 5) is 27.0. The van der Waals surface area contributed by atoms with E-state index in [4.69, 9.17) is 20.6 Å². The van der Waals surface area contributed by atoms with E-state index in [-0.39, 0.29) is 23.1 Å². The topological polar surface area (TPSA) is 138 Å². The molecule has 3 rings (SSSR count). The minimum absolute atomic E-state index is 0.0968. The molecule has 1 unspecified atom stereocenters. The fraction of sp³-hybridized carbons (Fsp3) is 0.286. The van der Waals surface area contributed by atoms with E-state index < -0.39 is 24.0 Å². The SMILES string of the molecule is CC(I)Oc1ccccc1N1CCO[C@H]([C@@H](O)C(=O)Nc2ccc(C(=N)N)cc2)C1=O. The zero-order valence-corrected chi connectivity index (χ0v) is 18.9. The third kappa shape index (κ3) is 5.51. The molecule has 0 aliphatic carbocycles.